The van der Waals surface area contributed by atoms with Gasteiger partial charge in [-0.15, -0.1) is 0 Å². The maximum Gasteiger partial charge on any atom is 0.289 e. The minimum atomic E-state index is -0.532. The summed E-state index contributed by atoms with van der Waals surface area (Å²) in [5.41, 5.74) is 1.98. The molecule has 6 nitrogen and oxygen atoms in total. The van der Waals surface area contributed by atoms with Crippen LogP contribution in [0.5, 0.6) is 0 Å². The summed E-state index contributed by atoms with van der Waals surface area (Å²) in [5, 5.41) is 13.8. The highest BCUT2D eigenvalue weighted by molar-refractivity contribution is 6.33. The standard InChI is InChI=1S/C12H11ClN4O2/c1-8-5-14-3-2-9(8)6-15-12-11(13)4-10(7-16-12)17(18)19/h2-5,7H,6H2,1H3,(H,15,16). The molecule has 0 aliphatic heterocycles. The molecule has 0 radical (unpaired) electrons. The third kappa shape index (κ3) is 3.17. The van der Waals surface area contributed by atoms with Crippen LogP contribution in [0, 0.1) is 17.0 Å². The van der Waals surface area contributed by atoms with Gasteiger partial charge < -0.3 is 5.32 Å². The summed E-state index contributed by atoms with van der Waals surface area (Å²) in [6.07, 6.45) is 4.64. The predicted molar refractivity (Wildman–Crippen MR) is 72.2 cm³/mol. The molecule has 0 aromatic carbocycles. The van der Waals surface area contributed by atoms with Crippen LogP contribution in [0.4, 0.5) is 11.5 Å². The topological polar surface area (TPSA) is 81.0 Å². The molecular weight excluding hydrogens is 268 g/mol. The normalized spacial score (nSPS) is 10.2. The van der Waals surface area contributed by atoms with Gasteiger partial charge in [-0.3, -0.25) is 15.1 Å². The number of halogens is 1. The van der Waals surface area contributed by atoms with Crippen molar-refractivity contribution in [3.63, 3.8) is 0 Å². The minimum absolute atomic E-state index is 0.129. The summed E-state index contributed by atoms with van der Waals surface area (Å²) in [6, 6.07) is 3.16. The molecular formula is C12H11ClN4O2. The van der Waals surface area contributed by atoms with Gasteiger partial charge in [0.25, 0.3) is 5.69 Å². The Morgan fingerprint density at radius 3 is 2.89 bits per heavy atom. The monoisotopic (exact) mass is 278 g/mol. The third-order valence-electron chi connectivity index (χ3n) is 2.62. The van der Waals surface area contributed by atoms with Crippen LogP contribution in [0.2, 0.25) is 5.02 Å². The van der Waals surface area contributed by atoms with E-state index >= 15 is 0 Å². The van der Waals surface area contributed by atoms with E-state index in [1.165, 1.54) is 12.3 Å². The number of aryl methyl sites for hydroxylation is 1. The summed E-state index contributed by atoms with van der Waals surface area (Å²) >= 11 is 5.94. The lowest BCUT2D eigenvalue weighted by Gasteiger charge is -2.08. The Bertz CT molecular complexity index is 618. The van der Waals surface area contributed by atoms with Crippen molar-refractivity contribution in [3.05, 3.63) is 57.0 Å². The van der Waals surface area contributed by atoms with Gasteiger partial charge in [0.2, 0.25) is 0 Å². The van der Waals surface area contributed by atoms with E-state index in [0.29, 0.717) is 12.4 Å². The number of rotatable bonds is 4. The molecule has 0 bridgehead atoms. The third-order valence-corrected chi connectivity index (χ3v) is 2.91. The van der Waals surface area contributed by atoms with Crippen molar-refractivity contribution < 1.29 is 4.92 Å². The van der Waals surface area contributed by atoms with Crippen molar-refractivity contribution in [2.24, 2.45) is 0 Å². The lowest BCUT2D eigenvalue weighted by molar-refractivity contribution is -0.385. The van der Waals surface area contributed by atoms with E-state index in [-0.39, 0.29) is 10.7 Å². The maximum absolute atomic E-state index is 10.6. The summed E-state index contributed by atoms with van der Waals surface area (Å²) < 4.78 is 0. The molecule has 7 heteroatoms. The first-order valence-electron chi connectivity index (χ1n) is 5.51. The van der Waals surface area contributed by atoms with E-state index in [0.717, 1.165) is 11.1 Å². The van der Waals surface area contributed by atoms with Crippen LogP contribution in [0.25, 0.3) is 0 Å². The smallest absolute Gasteiger partial charge is 0.289 e. The van der Waals surface area contributed by atoms with E-state index in [4.69, 9.17) is 11.6 Å². The number of nitro groups is 1. The quantitative estimate of drug-likeness (QED) is 0.687. The molecule has 0 fully saturated rings. The Labute approximate surface area is 114 Å². The zero-order chi connectivity index (χ0) is 13.8. The molecule has 0 unspecified atom stereocenters. The van der Waals surface area contributed by atoms with Gasteiger partial charge in [-0.25, -0.2) is 4.98 Å². The lowest BCUT2D eigenvalue weighted by atomic mass is 10.1. The minimum Gasteiger partial charge on any atom is -0.365 e. The van der Waals surface area contributed by atoms with Crippen LogP contribution < -0.4 is 5.32 Å². The van der Waals surface area contributed by atoms with Crippen molar-refractivity contribution in [1.82, 2.24) is 9.97 Å². The Hall–Kier alpha value is -2.21. The van der Waals surface area contributed by atoms with Gasteiger partial charge in [-0.05, 0) is 24.1 Å². The molecule has 0 spiro atoms. The van der Waals surface area contributed by atoms with E-state index in [9.17, 15) is 10.1 Å². The number of hydrogen-bond acceptors (Lipinski definition) is 5. The first-order chi connectivity index (χ1) is 9.08. The highest BCUT2D eigenvalue weighted by atomic mass is 35.5. The van der Waals surface area contributed by atoms with E-state index < -0.39 is 4.92 Å². The van der Waals surface area contributed by atoms with Crippen LogP contribution in [0.1, 0.15) is 11.1 Å². The Morgan fingerprint density at radius 2 is 2.26 bits per heavy atom. The van der Waals surface area contributed by atoms with Crippen LogP contribution >= 0.6 is 11.6 Å². The predicted octanol–water partition coefficient (Wildman–Crippen LogP) is 2.96. The summed E-state index contributed by atoms with van der Waals surface area (Å²) in [6.45, 7) is 2.48. The van der Waals surface area contributed by atoms with Crippen molar-refractivity contribution in [1.29, 1.82) is 0 Å². The van der Waals surface area contributed by atoms with Crippen molar-refractivity contribution in [3.8, 4) is 0 Å². The Balaban J connectivity index is 2.12. The molecule has 0 aliphatic carbocycles. The van der Waals surface area contributed by atoms with Crippen LogP contribution in [-0.4, -0.2) is 14.9 Å². The molecule has 2 heterocycles. The maximum atomic E-state index is 10.6. The van der Waals surface area contributed by atoms with Crippen molar-refractivity contribution in [2.45, 2.75) is 13.5 Å². The molecule has 2 aromatic heterocycles. The number of pyridine rings is 2. The number of hydrogen-bond donors (Lipinski definition) is 1. The molecule has 19 heavy (non-hydrogen) atoms. The first-order valence-corrected chi connectivity index (χ1v) is 5.89. The number of anilines is 1. The second-order valence-electron chi connectivity index (χ2n) is 3.94. The van der Waals surface area contributed by atoms with E-state index in [1.807, 2.05) is 13.0 Å². The summed E-state index contributed by atoms with van der Waals surface area (Å²) in [7, 11) is 0. The number of nitrogens with one attached hydrogen (secondary N) is 1. The van der Waals surface area contributed by atoms with E-state index in [1.54, 1.807) is 12.4 Å². The summed E-state index contributed by atoms with van der Waals surface area (Å²) in [4.78, 5) is 18.0. The second kappa shape index (κ2) is 5.62. The molecule has 1 N–H and O–H groups in total. The lowest BCUT2D eigenvalue weighted by Crippen LogP contribution is -2.04. The molecule has 0 saturated carbocycles. The highest BCUT2D eigenvalue weighted by Crippen LogP contribution is 2.24. The Kier molecular flexibility index (Phi) is 3.91. The zero-order valence-electron chi connectivity index (χ0n) is 10.1. The zero-order valence-corrected chi connectivity index (χ0v) is 10.9. The molecule has 98 valence electrons. The fourth-order valence-electron chi connectivity index (χ4n) is 1.54. The van der Waals surface area contributed by atoms with Gasteiger partial charge >= 0.3 is 0 Å². The largest absolute Gasteiger partial charge is 0.365 e. The van der Waals surface area contributed by atoms with Crippen LogP contribution in [-0.2, 0) is 6.54 Å². The van der Waals surface area contributed by atoms with Gasteiger partial charge in [0.1, 0.15) is 12.0 Å². The molecule has 0 atom stereocenters. The van der Waals surface area contributed by atoms with Crippen molar-refractivity contribution in [2.75, 3.05) is 5.32 Å². The fraction of sp³-hybridized carbons (Fsp3) is 0.167. The van der Waals surface area contributed by atoms with Gasteiger partial charge in [0, 0.05) is 25.0 Å². The summed E-state index contributed by atoms with van der Waals surface area (Å²) in [5.74, 6) is 0.420. The average Bonchev–Trinajstić information content (AvgIpc) is 2.39. The first kappa shape index (κ1) is 13.2. The molecule has 2 aromatic rings. The van der Waals surface area contributed by atoms with E-state index in [2.05, 4.69) is 15.3 Å². The molecule has 0 aliphatic rings. The fourth-order valence-corrected chi connectivity index (χ4v) is 1.76. The Morgan fingerprint density at radius 1 is 1.47 bits per heavy atom. The van der Waals surface area contributed by atoms with Crippen molar-refractivity contribution >= 4 is 23.1 Å². The molecule has 2 rings (SSSR count). The van der Waals surface area contributed by atoms with Gasteiger partial charge in [-0.1, -0.05) is 11.6 Å². The average molecular weight is 279 g/mol. The second-order valence-corrected chi connectivity index (χ2v) is 4.34. The van der Waals surface area contributed by atoms with Crippen LogP contribution in [0.3, 0.4) is 0 Å². The molecule has 0 amide bonds. The number of aromatic nitrogens is 2. The van der Waals surface area contributed by atoms with Crippen LogP contribution in [0.15, 0.2) is 30.7 Å². The number of nitrogens with zero attached hydrogens (tertiary/aromatic N) is 3. The highest BCUT2D eigenvalue weighted by Gasteiger charge is 2.10. The molecule has 0 saturated heterocycles. The SMILES string of the molecule is Cc1cnccc1CNc1ncc([N+](=O)[O-])cc1Cl. The van der Waals surface area contributed by atoms with Gasteiger partial charge in [0.15, 0.2) is 0 Å². The van der Waals surface area contributed by atoms with Gasteiger partial charge in [-0.2, -0.15) is 0 Å². The van der Waals surface area contributed by atoms with Gasteiger partial charge in [0.05, 0.1) is 9.95 Å².